The fourth-order valence-electron chi connectivity index (χ4n) is 2.74. The molecule has 126 valence electrons. The van der Waals surface area contributed by atoms with Crippen molar-refractivity contribution in [3.05, 3.63) is 47.1 Å². The molecule has 0 amide bonds. The fraction of sp³-hybridized carbons (Fsp3) is 0.524. The van der Waals surface area contributed by atoms with Crippen molar-refractivity contribution in [1.29, 1.82) is 0 Å². The first-order valence-corrected chi connectivity index (χ1v) is 8.95. The SMILES string of the molecule is CCC(C)=CCCC(=CCOc1ccc2c(c1)OCCC2)CC. The van der Waals surface area contributed by atoms with E-state index in [1.165, 1.54) is 16.7 Å². The smallest absolute Gasteiger partial charge is 0.126 e. The summed E-state index contributed by atoms with van der Waals surface area (Å²) >= 11 is 0. The van der Waals surface area contributed by atoms with Gasteiger partial charge in [-0.15, -0.1) is 0 Å². The van der Waals surface area contributed by atoms with Crippen molar-refractivity contribution in [1.82, 2.24) is 0 Å². The Morgan fingerprint density at radius 1 is 1.22 bits per heavy atom. The molecule has 0 N–H and O–H groups in total. The number of benzene rings is 1. The quantitative estimate of drug-likeness (QED) is 0.559. The lowest BCUT2D eigenvalue weighted by molar-refractivity contribution is 0.284. The predicted molar refractivity (Wildman–Crippen MR) is 97.4 cm³/mol. The fourth-order valence-corrected chi connectivity index (χ4v) is 2.74. The zero-order chi connectivity index (χ0) is 16.5. The van der Waals surface area contributed by atoms with E-state index in [0.717, 1.165) is 56.6 Å². The van der Waals surface area contributed by atoms with Gasteiger partial charge in [-0.1, -0.05) is 37.1 Å². The van der Waals surface area contributed by atoms with Crippen molar-refractivity contribution in [3.63, 3.8) is 0 Å². The third-order valence-corrected chi connectivity index (χ3v) is 4.48. The Balaban J connectivity index is 1.84. The zero-order valence-corrected chi connectivity index (χ0v) is 14.9. The third kappa shape index (κ3) is 5.78. The molecular formula is C21H30O2. The first kappa shape index (κ1) is 17.7. The lowest BCUT2D eigenvalue weighted by atomic mass is 10.1. The first-order chi connectivity index (χ1) is 11.2. The van der Waals surface area contributed by atoms with E-state index in [1.807, 2.05) is 6.07 Å². The van der Waals surface area contributed by atoms with Gasteiger partial charge in [0.25, 0.3) is 0 Å². The number of hydrogen-bond donors (Lipinski definition) is 0. The summed E-state index contributed by atoms with van der Waals surface area (Å²) in [4.78, 5) is 0. The van der Waals surface area contributed by atoms with Crippen molar-refractivity contribution < 1.29 is 9.47 Å². The Bertz CT molecular complexity index is 555. The van der Waals surface area contributed by atoms with Gasteiger partial charge < -0.3 is 9.47 Å². The van der Waals surface area contributed by atoms with Gasteiger partial charge in [-0.05, 0) is 63.2 Å². The Labute approximate surface area is 141 Å². The molecule has 1 heterocycles. The van der Waals surface area contributed by atoms with Crippen LogP contribution in [0.15, 0.2) is 41.5 Å². The van der Waals surface area contributed by atoms with Gasteiger partial charge in [-0.3, -0.25) is 0 Å². The molecule has 0 radical (unpaired) electrons. The molecule has 0 aromatic heterocycles. The van der Waals surface area contributed by atoms with Crippen LogP contribution in [0.2, 0.25) is 0 Å². The number of aryl methyl sites for hydroxylation is 1. The summed E-state index contributed by atoms with van der Waals surface area (Å²) in [5.41, 5.74) is 4.25. The van der Waals surface area contributed by atoms with Crippen molar-refractivity contribution >= 4 is 0 Å². The molecule has 0 saturated carbocycles. The molecule has 1 aliphatic heterocycles. The second-order valence-electron chi connectivity index (χ2n) is 6.19. The summed E-state index contributed by atoms with van der Waals surface area (Å²) < 4.78 is 11.6. The normalized spacial score (nSPS) is 15.1. The molecule has 0 aliphatic carbocycles. The number of allylic oxidation sites excluding steroid dienone is 3. The van der Waals surface area contributed by atoms with Crippen LogP contribution >= 0.6 is 0 Å². The Hall–Kier alpha value is -1.70. The molecule has 0 atom stereocenters. The van der Waals surface area contributed by atoms with Crippen LogP contribution in [-0.4, -0.2) is 13.2 Å². The minimum Gasteiger partial charge on any atom is -0.493 e. The Kier molecular flexibility index (Phi) is 7.25. The van der Waals surface area contributed by atoms with E-state index in [9.17, 15) is 0 Å². The highest BCUT2D eigenvalue weighted by molar-refractivity contribution is 5.41. The molecule has 0 spiro atoms. The van der Waals surface area contributed by atoms with Gasteiger partial charge in [0.05, 0.1) is 6.61 Å². The topological polar surface area (TPSA) is 18.5 Å². The van der Waals surface area contributed by atoms with Crippen molar-refractivity contribution in [2.24, 2.45) is 0 Å². The molecule has 23 heavy (non-hydrogen) atoms. The summed E-state index contributed by atoms with van der Waals surface area (Å²) in [5, 5.41) is 0. The average Bonchev–Trinajstić information content (AvgIpc) is 2.60. The molecule has 0 bridgehead atoms. The lowest BCUT2D eigenvalue weighted by Crippen LogP contribution is -2.08. The minimum absolute atomic E-state index is 0.637. The van der Waals surface area contributed by atoms with E-state index in [0.29, 0.717) is 6.61 Å². The highest BCUT2D eigenvalue weighted by atomic mass is 16.5. The zero-order valence-electron chi connectivity index (χ0n) is 14.9. The van der Waals surface area contributed by atoms with E-state index < -0.39 is 0 Å². The standard InChI is InChI=1S/C21H30O2/c1-4-17(3)8-6-9-18(5-2)13-15-22-20-12-11-19-10-7-14-23-21(19)16-20/h8,11-13,16H,4-7,9-10,14-15H2,1-3H3. The predicted octanol–water partition coefficient (Wildman–Crippen LogP) is 5.86. The van der Waals surface area contributed by atoms with E-state index in [1.54, 1.807) is 0 Å². The van der Waals surface area contributed by atoms with Gasteiger partial charge in [-0.25, -0.2) is 0 Å². The van der Waals surface area contributed by atoms with Gasteiger partial charge in [0.2, 0.25) is 0 Å². The van der Waals surface area contributed by atoms with Crippen molar-refractivity contribution in [2.45, 2.75) is 59.3 Å². The molecular weight excluding hydrogens is 284 g/mol. The highest BCUT2D eigenvalue weighted by Gasteiger charge is 2.10. The monoisotopic (exact) mass is 314 g/mol. The maximum absolute atomic E-state index is 5.88. The molecule has 0 fully saturated rings. The van der Waals surface area contributed by atoms with Gasteiger partial charge in [-0.2, -0.15) is 0 Å². The van der Waals surface area contributed by atoms with E-state index in [2.05, 4.69) is 45.1 Å². The van der Waals surface area contributed by atoms with Crippen LogP contribution in [0.4, 0.5) is 0 Å². The van der Waals surface area contributed by atoms with Crippen LogP contribution in [0.5, 0.6) is 11.5 Å². The second-order valence-corrected chi connectivity index (χ2v) is 6.19. The van der Waals surface area contributed by atoms with Crippen LogP contribution in [0, 0.1) is 0 Å². The van der Waals surface area contributed by atoms with Crippen LogP contribution in [-0.2, 0) is 6.42 Å². The second kappa shape index (κ2) is 9.44. The van der Waals surface area contributed by atoms with E-state index in [4.69, 9.17) is 9.47 Å². The summed E-state index contributed by atoms with van der Waals surface area (Å²) in [5.74, 6) is 1.90. The van der Waals surface area contributed by atoms with E-state index in [-0.39, 0.29) is 0 Å². The molecule has 2 nitrogen and oxygen atoms in total. The molecule has 1 aromatic rings. The number of rotatable bonds is 8. The van der Waals surface area contributed by atoms with Crippen LogP contribution in [0.1, 0.15) is 58.4 Å². The largest absolute Gasteiger partial charge is 0.493 e. The van der Waals surface area contributed by atoms with Gasteiger partial charge >= 0.3 is 0 Å². The maximum atomic E-state index is 5.88. The first-order valence-electron chi connectivity index (χ1n) is 8.95. The Morgan fingerprint density at radius 2 is 2.09 bits per heavy atom. The summed E-state index contributed by atoms with van der Waals surface area (Å²) in [7, 11) is 0. The molecule has 2 rings (SSSR count). The van der Waals surface area contributed by atoms with Crippen molar-refractivity contribution in [2.75, 3.05) is 13.2 Å². The van der Waals surface area contributed by atoms with Crippen LogP contribution < -0.4 is 9.47 Å². The average molecular weight is 314 g/mol. The molecule has 1 aromatic carbocycles. The highest BCUT2D eigenvalue weighted by Crippen LogP contribution is 2.29. The molecule has 2 heteroatoms. The molecule has 1 aliphatic rings. The number of fused-ring (bicyclic) bond motifs is 1. The summed E-state index contributed by atoms with van der Waals surface area (Å²) in [6, 6.07) is 6.22. The molecule has 0 unspecified atom stereocenters. The summed E-state index contributed by atoms with van der Waals surface area (Å²) in [6.45, 7) is 8.09. The van der Waals surface area contributed by atoms with E-state index >= 15 is 0 Å². The van der Waals surface area contributed by atoms with Crippen molar-refractivity contribution in [3.8, 4) is 11.5 Å². The van der Waals surface area contributed by atoms with Gasteiger partial charge in [0.1, 0.15) is 18.1 Å². The maximum Gasteiger partial charge on any atom is 0.126 e. The summed E-state index contributed by atoms with van der Waals surface area (Å²) in [6.07, 6.45) is 11.3. The lowest BCUT2D eigenvalue weighted by Gasteiger charge is -2.17. The van der Waals surface area contributed by atoms with Crippen LogP contribution in [0.25, 0.3) is 0 Å². The Morgan fingerprint density at radius 3 is 2.87 bits per heavy atom. The van der Waals surface area contributed by atoms with Gasteiger partial charge in [0.15, 0.2) is 0 Å². The van der Waals surface area contributed by atoms with Gasteiger partial charge in [0, 0.05) is 6.07 Å². The third-order valence-electron chi connectivity index (χ3n) is 4.48. The van der Waals surface area contributed by atoms with Crippen LogP contribution in [0.3, 0.4) is 0 Å². The minimum atomic E-state index is 0.637. The number of ether oxygens (including phenoxy) is 2. The molecule has 0 saturated heterocycles. The number of hydrogen-bond acceptors (Lipinski definition) is 2.